The lowest BCUT2D eigenvalue weighted by Gasteiger charge is -2.05. The van der Waals surface area contributed by atoms with Gasteiger partial charge < -0.3 is 0 Å². The molecule has 0 aliphatic carbocycles. The van der Waals surface area contributed by atoms with Gasteiger partial charge in [0.05, 0.1) is 0 Å². The number of hydrogen-bond acceptors (Lipinski definition) is 1. The first-order chi connectivity index (χ1) is 6.49. The zero-order valence-electron chi connectivity index (χ0n) is 9.50. The van der Waals surface area contributed by atoms with Crippen molar-refractivity contribution >= 4 is 0 Å². The molecular formula is C11H20N2O. The van der Waals surface area contributed by atoms with E-state index in [4.69, 9.17) is 0 Å². The maximum absolute atomic E-state index is 11.5. The van der Waals surface area contributed by atoms with Crippen molar-refractivity contribution in [3.05, 3.63) is 22.1 Å². The van der Waals surface area contributed by atoms with Crippen molar-refractivity contribution in [1.29, 1.82) is 0 Å². The zero-order valence-corrected chi connectivity index (χ0v) is 9.50. The van der Waals surface area contributed by atoms with Crippen molar-refractivity contribution in [2.45, 2.75) is 40.7 Å². The van der Waals surface area contributed by atoms with Gasteiger partial charge in [-0.05, 0) is 18.3 Å². The molecule has 0 radical (unpaired) electrons. The minimum Gasteiger partial charge on any atom is -0.300 e. The number of nitrogens with zero attached hydrogens (tertiary/aromatic N) is 1. The van der Waals surface area contributed by atoms with E-state index in [9.17, 15) is 4.79 Å². The van der Waals surface area contributed by atoms with Gasteiger partial charge >= 0.3 is 0 Å². The second kappa shape index (κ2) is 4.49. The van der Waals surface area contributed by atoms with Crippen LogP contribution in [0.5, 0.6) is 0 Å². The Morgan fingerprint density at radius 2 is 1.93 bits per heavy atom. The minimum absolute atomic E-state index is 0.0920. The smallest absolute Gasteiger partial charge is 0.266 e. The van der Waals surface area contributed by atoms with Crippen LogP contribution in [0.25, 0.3) is 0 Å². The van der Waals surface area contributed by atoms with Crippen molar-refractivity contribution in [3.63, 3.8) is 0 Å². The first kappa shape index (κ1) is 11.1. The molecule has 0 amide bonds. The normalized spacial score (nSPS) is 11.6. The van der Waals surface area contributed by atoms with Crippen molar-refractivity contribution in [2.24, 2.45) is 11.8 Å². The minimum atomic E-state index is 0.0920. The summed E-state index contributed by atoms with van der Waals surface area (Å²) >= 11 is 0. The summed E-state index contributed by atoms with van der Waals surface area (Å²) in [7, 11) is 0. The summed E-state index contributed by atoms with van der Waals surface area (Å²) in [5, 5.41) is 3.15. The number of rotatable bonds is 4. The van der Waals surface area contributed by atoms with Crippen LogP contribution < -0.4 is 5.56 Å². The first-order valence-corrected chi connectivity index (χ1v) is 5.27. The van der Waals surface area contributed by atoms with Crippen LogP contribution in [0, 0.1) is 11.8 Å². The molecular weight excluding hydrogens is 176 g/mol. The van der Waals surface area contributed by atoms with Gasteiger partial charge in [0.25, 0.3) is 5.56 Å². The molecule has 80 valence electrons. The molecule has 0 saturated carbocycles. The van der Waals surface area contributed by atoms with E-state index in [1.165, 1.54) is 0 Å². The van der Waals surface area contributed by atoms with E-state index >= 15 is 0 Å². The molecule has 0 bridgehead atoms. The lowest BCUT2D eigenvalue weighted by Crippen LogP contribution is -2.18. The molecule has 0 atom stereocenters. The van der Waals surface area contributed by atoms with Crippen LogP contribution in [0.4, 0.5) is 0 Å². The summed E-state index contributed by atoms with van der Waals surface area (Å²) in [5.74, 6) is 1.08. The van der Waals surface area contributed by atoms with Crippen LogP contribution in [0.15, 0.2) is 10.9 Å². The largest absolute Gasteiger partial charge is 0.300 e. The number of H-pyrrole nitrogens is 1. The quantitative estimate of drug-likeness (QED) is 0.786. The summed E-state index contributed by atoms with van der Waals surface area (Å²) in [5.41, 5.74) is 1.14. The lowest BCUT2D eigenvalue weighted by atomic mass is 10.1. The highest BCUT2D eigenvalue weighted by Gasteiger charge is 2.05. The van der Waals surface area contributed by atoms with Crippen molar-refractivity contribution in [2.75, 3.05) is 0 Å². The van der Waals surface area contributed by atoms with E-state index in [-0.39, 0.29) is 5.56 Å². The van der Waals surface area contributed by atoms with Gasteiger partial charge in [-0.1, -0.05) is 27.7 Å². The van der Waals surface area contributed by atoms with Crippen molar-refractivity contribution < 1.29 is 0 Å². The van der Waals surface area contributed by atoms with Crippen LogP contribution in [0.1, 0.15) is 33.4 Å². The first-order valence-electron chi connectivity index (χ1n) is 5.27. The summed E-state index contributed by atoms with van der Waals surface area (Å²) < 4.78 is 1.70. The second-order valence-corrected chi connectivity index (χ2v) is 4.72. The van der Waals surface area contributed by atoms with Gasteiger partial charge in [0.1, 0.15) is 0 Å². The summed E-state index contributed by atoms with van der Waals surface area (Å²) in [6.07, 6.45) is 0.945. The van der Waals surface area contributed by atoms with Crippen LogP contribution in [0.3, 0.4) is 0 Å². The van der Waals surface area contributed by atoms with Crippen molar-refractivity contribution in [1.82, 2.24) is 9.78 Å². The van der Waals surface area contributed by atoms with E-state index in [1.807, 2.05) is 0 Å². The number of hydrogen-bond donors (Lipinski definition) is 1. The molecule has 0 spiro atoms. The average molecular weight is 196 g/mol. The predicted molar refractivity (Wildman–Crippen MR) is 58.4 cm³/mol. The third-order valence-corrected chi connectivity index (χ3v) is 2.02. The van der Waals surface area contributed by atoms with E-state index in [1.54, 1.807) is 10.7 Å². The van der Waals surface area contributed by atoms with E-state index in [0.717, 1.165) is 18.7 Å². The van der Waals surface area contributed by atoms with Gasteiger partial charge in [-0.25, -0.2) is 0 Å². The van der Waals surface area contributed by atoms with Crippen LogP contribution in [-0.2, 0) is 13.0 Å². The Kier molecular flexibility index (Phi) is 3.55. The average Bonchev–Trinajstić information content (AvgIpc) is 2.28. The Hall–Kier alpha value is -0.990. The van der Waals surface area contributed by atoms with Crippen LogP contribution in [-0.4, -0.2) is 9.78 Å². The highest BCUT2D eigenvalue weighted by atomic mass is 16.1. The highest BCUT2D eigenvalue weighted by molar-refractivity contribution is 5.00. The van der Waals surface area contributed by atoms with Gasteiger partial charge in [-0.2, -0.15) is 0 Å². The Morgan fingerprint density at radius 3 is 2.43 bits per heavy atom. The molecule has 0 saturated heterocycles. The molecule has 3 heteroatoms. The van der Waals surface area contributed by atoms with Gasteiger partial charge in [0, 0.05) is 18.3 Å². The molecule has 0 aliphatic rings. The van der Waals surface area contributed by atoms with Gasteiger partial charge in [0.2, 0.25) is 0 Å². The van der Waals surface area contributed by atoms with E-state index in [2.05, 4.69) is 32.8 Å². The fourth-order valence-electron chi connectivity index (χ4n) is 1.53. The Balaban J connectivity index is 2.77. The molecule has 1 heterocycles. The second-order valence-electron chi connectivity index (χ2n) is 4.72. The third-order valence-electron chi connectivity index (χ3n) is 2.02. The molecule has 0 unspecified atom stereocenters. The topological polar surface area (TPSA) is 37.8 Å². The number of aromatic nitrogens is 2. The summed E-state index contributed by atoms with van der Waals surface area (Å²) in [6, 6.07) is 1.71. The predicted octanol–water partition coefficient (Wildman–Crippen LogP) is 2.03. The van der Waals surface area contributed by atoms with Gasteiger partial charge in [0.15, 0.2) is 0 Å². The van der Waals surface area contributed by atoms with Crippen LogP contribution in [0.2, 0.25) is 0 Å². The highest BCUT2D eigenvalue weighted by Crippen LogP contribution is 2.03. The molecule has 1 rings (SSSR count). The standard InChI is InChI=1S/C11H20N2O/c1-8(2)5-10-6-11(14)13(12-10)7-9(3)4/h6,8-9,12H,5,7H2,1-4H3. The van der Waals surface area contributed by atoms with Gasteiger partial charge in [-0.3, -0.25) is 14.6 Å². The summed E-state index contributed by atoms with van der Waals surface area (Å²) in [4.78, 5) is 11.5. The molecule has 0 aromatic carbocycles. The molecule has 1 aromatic rings. The Bertz CT molecular complexity index is 333. The number of aromatic amines is 1. The number of nitrogens with one attached hydrogen (secondary N) is 1. The molecule has 1 N–H and O–H groups in total. The van der Waals surface area contributed by atoms with E-state index in [0.29, 0.717) is 11.8 Å². The maximum Gasteiger partial charge on any atom is 0.266 e. The van der Waals surface area contributed by atoms with E-state index < -0.39 is 0 Å². The van der Waals surface area contributed by atoms with Crippen LogP contribution >= 0.6 is 0 Å². The monoisotopic (exact) mass is 196 g/mol. The zero-order chi connectivity index (χ0) is 10.7. The molecule has 14 heavy (non-hydrogen) atoms. The fourth-order valence-corrected chi connectivity index (χ4v) is 1.53. The van der Waals surface area contributed by atoms with Gasteiger partial charge in [-0.15, -0.1) is 0 Å². The molecule has 3 nitrogen and oxygen atoms in total. The molecule has 0 aliphatic heterocycles. The third kappa shape index (κ3) is 3.05. The SMILES string of the molecule is CC(C)Cc1cc(=O)n(CC(C)C)[nH]1. The Morgan fingerprint density at radius 1 is 1.29 bits per heavy atom. The molecule has 1 aromatic heterocycles. The fraction of sp³-hybridized carbons (Fsp3) is 0.727. The lowest BCUT2D eigenvalue weighted by molar-refractivity contribution is 0.467. The molecule has 0 fully saturated rings. The maximum atomic E-state index is 11.5. The Labute approximate surface area is 85.1 Å². The van der Waals surface area contributed by atoms with Crippen molar-refractivity contribution in [3.8, 4) is 0 Å². The summed E-state index contributed by atoms with van der Waals surface area (Å²) in [6.45, 7) is 9.29.